The molecule has 6 nitrogen and oxygen atoms in total. The Labute approximate surface area is 100 Å². The molecule has 2 heterocycles. The normalized spacial score (nSPS) is 12.6. The van der Waals surface area contributed by atoms with E-state index in [2.05, 4.69) is 20.5 Å². The lowest BCUT2D eigenvalue weighted by Crippen LogP contribution is -2.22. The van der Waals surface area contributed by atoms with Gasteiger partial charge in [-0.2, -0.15) is 5.10 Å². The first-order valence-corrected chi connectivity index (χ1v) is 5.51. The molecule has 0 saturated carbocycles. The molecular weight excluding hydrogens is 218 g/mol. The van der Waals surface area contributed by atoms with Crippen molar-refractivity contribution in [2.45, 2.75) is 19.9 Å². The predicted octanol–water partition coefficient (Wildman–Crippen LogP) is 1.35. The van der Waals surface area contributed by atoms with E-state index >= 15 is 0 Å². The first-order chi connectivity index (χ1) is 8.20. The average molecular weight is 235 g/mol. The summed E-state index contributed by atoms with van der Waals surface area (Å²) in [7, 11) is 1.69. The van der Waals surface area contributed by atoms with Gasteiger partial charge in [-0.25, -0.2) is 4.98 Å². The highest BCUT2D eigenvalue weighted by molar-refractivity contribution is 5.41. The van der Waals surface area contributed by atoms with Crippen molar-refractivity contribution in [1.29, 1.82) is 0 Å². The van der Waals surface area contributed by atoms with Gasteiger partial charge in [0.2, 0.25) is 5.95 Å². The lowest BCUT2D eigenvalue weighted by molar-refractivity contribution is 0.190. The van der Waals surface area contributed by atoms with E-state index in [0.29, 0.717) is 6.61 Å². The van der Waals surface area contributed by atoms with Crippen LogP contribution in [0.4, 0.5) is 5.95 Å². The molecule has 0 amide bonds. The number of imidazole rings is 1. The van der Waals surface area contributed by atoms with Gasteiger partial charge in [-0.1, -0.05) is 0 Å². The van der Waals surface area contributed by atoms with Gasteiger partial charge < -0.3 is 10.1 Å². The quantitative estimate of drug-likeness (QED) is 0.821. The van der Waals surface area contributed by atoms with E-state index < -0.39 is 0 Å². The van der Waals surface area contributed by atoms with Gasteiger partial charge in [-0.15, -0.1) is 0 Å². The molecule has 1 unspecified atom stereocenters. The number of methoxy groups -OCH3 is 1. The average Bonchev–Trinajstić information content (AvgIpc) is 2.87. The minimum atomic E-state index is 0.201. The molecule has 2 aromatic rings. The number of ether oxygens (including phenoxy) is 1. The maximum absolute atomic E-state index is 5.10. The molecule has 0 fully saturated rings. The van der Waals surface area contributed by atoms with Crippen LogP contribution < -0.4 is 5.32 Å². The van der Waals surface area contributed by atoms with Crippen LogP contribution >= 0.6 is 0 Å². The minimum absolute atomic E-state index is 0.201. The SMILES string of the molecule is COCC(C)Nc1nc(C)cn1-c1cn[nH]c1. The maximum Gasteiger partial charge on any atom is 0.208 e. The smallest absolute Gasteiger partial charge is 0.208 e. The van der Waals surface area contributed by atoms with E-state index in [4.69, 9.17) is 4.74 Å². The fraction of sp³-hybridized carbons (Fsp3) is 0.455. The number of aromatic nitrogens is 4. The van der Waals surface area contributed by atoms with Gasteiger partial charge in [0.25, 0.3) is 0 Å². The van der Waals surface area contributed by atoms with Crippen LogP contribution in [0, 0.1) is 6.92 Å². The molecule has 0 radical (unpaired) electrons. The van der Waals surface area contributed by atoms with Gasteiger partial charge in [-0.3, -0.25) is 9.67 Å². The predicted molar refractivity (Wildman–Crippen MR) is 65.4 cm³/mol. The van der Waals surface area contributed by atoms with Crippen molar-refractivity contribution in [2.24, 2.45) is 0 Å². The summed E-state index contributed by atoms with van der Waals surface area (Å²) >= 11 is 0. The highest BCUT2D eigenvalue weighted by atomic mass is 16.5. The Balaban J connectivity index is 2.22. The van der Waals surface area contributed by atoms with Crippen LogP contribution in [-0.4, -0.2) is 39.5 Å². The number of hydrogen-bond acceptors (Lipinski definition) is 4. The fourth-order valence-corrected chi connectivity index (χ4v) is 1.68. The van der Waals surface area contributed by atoms with Gasteiger partial charge in [-0.05, 0) is 13.8 Å². The van der Waals surface area contributed by atoms with Crippen molar-refractivity contribution in [3.05, 3.63) is 24.3 Å². The summed E-state index contributed by atoms with van der Waals surface area (Å²) in [5.41, 5.74) is 1.91. The van der Waals surface area contributed by atoms with E-state index in [1.54, 1.807) is 13.3 Å². The van der Waals surface area contributed by atoms with Crippen LogP contribution in [0.15, 0.2) is 18.6 Å². The highest BCUT2D eigenvalue weighted by Crippen LogP contribution is 2.15. The topological polar surface area (TPSA) is 67.8 Å². The van der Waals surface area contributed by atoms with Crippen molar-refractivity contribution in [2.75, 3.05) is 19.0 Å². The number of aryl methyl sites for hydroxylation is 1. The highest BCUT2D eigenvalue weighted by Gasteiger charge is 2.10. The summed E-state index contributed by atoms with van der Waals surface area (Å²) in [4.78, 5) is 4.44. The van der Waals surface area contributed by atoms with Crippen molar-refractivity contribution >= 4 is 5.95 Å². The minimum Gasteiger partial charge on any atom is -0.383 e. The van der Waals surface area contributed by atoms with E-state index in [-0.39, 0.29) is 6.04 Å². The van der Waals surface area contributed by atoms with Gasteiger partial charge in [0.05, 0.1) is 24.2 Å². The molecular formula is C11H17N5O. The maximum atomic E-state index is 5.10. The van der Waals surface area contributed by atoms with E-state index in [1.807, 2.05) is 30.8 Å². The lowest BCUT2D eigenvalue weighted by atomic mass is 10.4. The molecule has 92 valence electrons. The molecule has 0 aliphatic rings. The van der Waals surface area contributed by atoms with Crippen LogP contribution in [0.3, 0.4) is 0 Å². The van der Waals surface area contributed by atoms with Crippen molar-refractivity contribution in [3.63, 3.8) is 0 Å². The van der Waals surface area contributed by atoms with E-state index in [9.17, 15) is 0 Å². The molecule has 0 saturated heterocycles. The summed E-state index contributed by atoms with van der Waals surface area (Å²) in [6.07, 6.45) is 5.55. The first kappa shape index (κ1) is 11.7. The van der Waals surface area contributed by atoms with Crippen molar-refractivity contribution in [3.8, 4) is 5.69 Å². The number of hydrogen-bond donors (Lipinski definition) is 2. The Morgan fingerprint density at radius 3 is 3.06 bits per heavy atom. The Kier molecular flexibility index (Phi) is 3.43. The molecule has 0 aliphatic heterocycles. The summed E-state index contributed by atoms with van der Waals surface area (Å²) in [6.45, 7) is 4.65. The molecule has 2 N–H and O–H groups in total. The molecule has 0 aliphatic carbocycles. The first-order valence-electron chi connectivity index (χ1n) is 5.51. The molecule has 0 aromatic carbocycles. The number of rotatable bonds is 5. The van der Waals surface area contributed by atoms with Crippen LogP contribution in [-0.2, 0) is 4.74 Å². The van der Waals surface area contributed by atoms with E-state index in [0.717, 1.165) is 17.3 Å². The zero-order chi connectivity index (χ0) is 12.3. The molecule has 6 heteroatoms. The van der Waals surface area contributed by atoms with Gasteiger partial charge >= 0.3 is 0 Å². The van der Waals surface area contributed by atoms with Gasteiger partial charge in [0.1, 0.15) is 0 Å². The van der Waals surface area contributed by atoms with Crippen LogP contribution in [0.1, 0.15) is 12.6 Å². The second-order valence-electron chi connectivity index (χ2n) is 4.03. The van der Waals surface area contributed by atoms with Crippen LogP contribution in [0.25, 0.3) is 5.69 Å². The third kappa shape index (κ3) is 2.65. The monoisotopic (exact) mass is 235 g/mol. The number of nitrogens with one attached hydrogen (secondary N) is 2. The van der Waals surface area contributed by atoms with E-state index in [1.165, 1.54) is 0 Å². The molecule has 0 spiro atoms. The lowest BCUT2D eigenvalue weighted by Gasteiger charge is -2.14. The number of aromatic amines is 1. The number of anilines is 1. The Morgan fingerprint density at radius 1 is 1.59 bits per heavy atom. The van der Waals surface area contributed by atoms with Crippen LogP contribution in [0.2, 0.25) is 0 Å². The van der Waals surface area contributed by atoms with Gasteiger partial charge in [0.15, 0.2) is 0 Å². The Bertz CT molecular complexity index is 462. The van der Waals surface area contributed by atoms with Crippen molar-refractivity contribution in [1.82, 2.24) is 19.7 Å². The largest absolute Gasteiger partial charge is 0.383 e. The second kappa shape index (κ2) is 5.01. The molecule has 2 rings (SSSR count). The Morgan fingerprint density at radius 2 is 2.41 bits per heavy atom. The standard InChI is InChI=1S/C11H17N5O/c1-8-6-16(10-4-12-13-5-10)11(14-8)15-9(2)7-17-3/h4-6,9H,7H2,1-3H3,(H,12,13)(H,14,15). The van der Waals surface area contributed by atoms with Gasteiger partial charge in [0, 0.05) is 25.5 Å². The molecule has 1 atom stereocenters. The van der Waals surface area contributed by atoms with Crippen molar-refractivity contribution < 1.29 is 4.74 Å². The summed E-state index contributed by atoms with van der Waals surface area (Å²) < 4.78 is 7.06. The second-order valence-corrected chi connectivity index (χ2v) is 4.03. The molecule has 2 aromatic heterocycles. The van der Waals surface area contributed by atoms with Crippen LogP contribution in [0.5, 0.6) is 0 Å². The summed E-state index contributed by atoms with van der Waals surface area (Å²) in [5, 5.41) is 10.0. The third-order valence-corrected chi connectivity index (χ3v) is 2.38. The number of H-pyrrole nitrogens is 1. The fourth-order valence-electron chi connectivity index (χ4n) is 1.68. The Hall–Kier alpha value is -1.82. The molecule has 17 heavy (non-hydrogen) atoms. The summed E-state index contributed by atoms with van der Waals surface area (Å²) in [5.74, 6) is 0.799. The zero-order valence-electron chi connectivity index (χ0n) is 10.3. The summed E-state index contributed by atoms with van der Waals surface area (Å²) in [6, 6.07) is 0.201. The zero-order valence-corrected chi connectivity index (χ0v) is 10.3. The third-order valence-electron chi connectivity index (χ3n) is 2.38. The molecule has 0 bridgehead atoms. The number of nitrogens with zero attached hydrogens (tertiary/aromatic N) is 3.